The molecule has 0 aliphatic heterocycles. The second kappa shape index (κ2) is 6.10. The highest BCUT2D eigenvalue weighted by atomic mass is 16.1. The molecule has 3 rings (SSSR count). The molecule has 1 fully saturated rings. The second-order valence-corrected chi connectivity index (χ2v) is 6.58. The number of benzene rings is 1. The minimum absolute atomic E-state index is 0.0399. The van der Waals surface area contributed by atoms with Crippen LogP contribution in [0.1, 0.15) is 56.0 Å². The van der Waals surface area contributed by atoms with E-state index in [1.54, 1.807) is 11.6 Å². The van der Waals surface area contributed by atoms with E-state index in [1.807, 2.05) is 0 Å². The number of nitrogens with one attached hydrogen (secondary N) is 1. The quantitative estimate of drug-likeness (QED) is 0.945. The number of carbonyl (C=O) groups is 1. The van der Waals surface area contributed by atoms with Gasteiger partial charge in [0.15, 0.2) is 5.82 Å². The number of nitrogens with zero attached hydrogens (tertiary/aromatic N) is 4. The molecule has 1 aromatic carbocycles. The Morgan fingerprint density at radius 3 is 2.39 bits per heavy atom. The van der Waals surface area contributed by atoms with E-state index in [9.17, 15) is 4.79 Å². The lowest BCUT2D eigenvalue weighted by atomic mass is 9.80. The fourth-order valence-electron chi connectivity index (χ4n) is 3.63. The molecule has 23 heavy (non-hydrogen) atoms. The summed E-state index contributed by atoms with van der Waals surface area (Å²) in [6.45, 7) is 5.68. The maximum Gasteiger partial charge on any atom is 0.217 e. The fraction of sp³-hybridized carbons (Fsp3) is 0.529. The van der Waals surface area contributed by atoms with Gasteiger partial charge in [-0.1, -0.05) is 25.3 Å². The third-order valence-electron chi connectivity index (χ3n) is 4.47. The third-order valence-corrected chi connectivity index (χ3v) is 4.47. The van der Waals surface area contributed by atoms with Crippen molar-refractivity contribution in [3.05, 3.63) is 35.2 Å². The summed E-state index contributed by atoms with van der Waals surface area (Å²) < 4.78 is 1.78. The number of aryl methyl sites for hydroxylation is 2. The minimum atomic E-state index is -0.467. The van der Waals surface area contributed by atoms with Gasteiger partial charge in [0, 0.05) is 6.92 Å². The van der Waals surface area contributed by atoms with E-state index in [0.717, 1.165) is 37.2 Å². The van der Waals surface area contributed by atoms with E-state index in [2.05, 4.69) is 52.9 Å². The molecule has 0 spiro atoms. The Hall–Kier alpha value is -2.24. The summed E-state index contributed by atoms with van der Waals surface area (Å²) in [6, 6.07) is 6.26. The highest BCUT2D eigenvalue weighted by Crippen LogP contribution is 2.36. The lowest BCUT2D eigenvalue weighted by molar-refractivity contribution is -0.121. The number of rotatable bonds is 3. The van der Waals surface area contributed by atoms with Gasteiger partial charge in [0.2, 0.25) is 5.91 Å². The van der Waals surface area contributed by atoms with E-state index in [-0.39, 0.29) is 5.91 Å². The standard InChI is InChI=1S/C17H23N5O/c1-12-9-13(2)11-15(10-12)22-16(19-20-21-22)17(18-14(3)23)7-5-4-6-8-17/h9-11H,4-8H2,1-3H3,(H,18,23). The molecule has 0 bridgehead atoms. The molecule has 0 saturated heterocycles. The van der Waals surface area contributed by atoms with E-state index >= 15 is 0 Å². The van der Waals surface area contributed by atoms with Crippen molar-refractivity contribution < 1.29 is 4.79 Å². The Bertz CT molecular complexity index is 695. The normalized spacial score (nSPS) is 17.0. The molecule has 1 aromatic heterocycles. The van der Waals surface area contributed by atoms with E-state index < -0.39 is 5.54 Å². The smallest absolute Gasteiger partial charge is 0.217 e. The summed E-state index contributed by atoms with van der Waals surface area (Å²) in [4.78, 5) is 11.8. The number of aromatic nitrogens is 4. The SMILES string of the molecule is CC(=O)NC1(c2nnnn2-c2cc(C)cc(C)c2)CCCCC1. The summed E-state index contributed by atoms with van der Waals surface area (Å²) in [5.74, 6) is 0.694. The van der Waals surface area contributed by atoms with Gasteiger partial charge in [0.25, 0.3) is 0 Å². The van der Waals surface area contributed by atoms with Crippen molar-refractivity contribution in [3.8, 4) is 5.69 Å². The number of hydrogen-bond donors (Lipinski definition) is 1. The molecule has 2 aromatic rings. The molecule has 6 nitrogen and oxygen atoms in total. The van der Waals surface area contributed by atoms with Crippen LogP contribution >= 0.6 is 0 Å². The minimum Gasteiger partial charge on any atom is -0.344 e. The van der Waals surface area contributed by atoms with Gasteiger partial charge in [0.1, 0.15) is 5.54 Å². The number of amides is 1. The van der Waals surface area contributed by atoms with E-state index in [1.165, 1.54) is 17.5 Å². The zero-order valence-electron chi connectivity index (χ0n) is 14.0. The predicted octanol–water partition coefficient (Wildman–Crippen LogP) is 2.57. The van der Waals surface area contributed by atoms with Crippen molar-refractivity contribution in [3.63, 3.8) is 0 Å². The predicted molar refractivity (Wildman–Crippen MR) is 87.2 cm³/mol. The summed E-state index contributed by atoms with van der Waals surface area (Å²) in [6.07, 6.45) is 5.07. The van der Waals surface area contributed by atoms with Crippen LogP contribution in [0.2, 0.25) is 0 Å². The number of carbonyl (C=O) groups excluding carboxylic acids is 1. The van der Waals surface area contributed by atoms with Gasteiger partial charge in [-0.3, -0.25) is 4.79 Å². The molecule has 0 unspecified atom stereocenters. The number of hydrogen-bond acceptors (Lipinski definition) is 4. The van der Waals surface area contributed by atoms with Crippen molar-refractivity contribution >= 4 is 5.91 Å². The topological polar surface area (TPSA) is 72.7 Å². The van der Waals surface area contributed by atoms with Crippen LogP contribution in [0.15, 0.2) is 18.2 Å². The van der Waals surface area contributed by atoms with Crippen LogP contribution in [0.25, 0.3) is 5.69 Å². The zero-order chi connectivity index (χ0) is 16.4. The summed E-state index contributed by atoms with van der Waals surface area (Å²) in [5, 5.41) is 15.5. The molecule has 1 aliphatic carbocycles. The fourth-order valence-corrected chi connectivity index (χ4v) is 3.63. The van der Waals surface area contributed by atoms with Crippen LogP contribution in [0, 0.1) is 13.8 Å². The first kappa shape index (κ1) is 15.6. The summed E-state index contributed by atoms with van der Waals surface area (Å²) >= 11 is 0. The van der Waals surface area contributed by atoms with Gasteiger partial charge in [0.05, 0.1) is 5.69 Å². The van der Waals surface area contributed by atoms with Gasteiger partial charge in [-0.25, -0.2) is 0 Å². The zero-order valence-corrected chi connectivity index (χ0v) is 14.0. The Morgan fingerprint density at radius 1 is 1.13 bits per heavy atom. The maximum atomic E-state index is 11.8. The van der Waals surface area contributed by atoms with Crippen molar-refractivity contribution in [2.24, 2.45) is 0 Å². The van der Waals surface area contributed by atoms with Crippen LogP contribution in [-0.2, 0) is 10.3 Å². The van der Waals surface area contributed by atoms with Crippen LogP contribution in [0.4, 0.5) is 0 Å². The lowest BCUT2D eigenvalue weighted by Crippen LogP contribution is -2.48. The van der Waals surface area contributed by atoms with Gasteiger partial charge >= 0.3 is 0 Å². The first-order valence-corrected chi connectivity index (χ1v) is 8.16. The van der Waals surface area contributed by atoms with Crippen molar-refractivity contribution in [2.75, 3.05) is 0 Å². The molecule has 122 valence electrons. The van der Waals surface area contributed by atoms with Crippen LogP contribution in [-0.4, -0.2) is 26.1 Å². The number of tetrazole rings is 1. The molecule has 1 amide bonds. The first-order valence-electron chi connectivity index (χ1n) is 8.16. The molecule has 1 aliphatic rings. The molecule has 0 atom stereocenters. The van der Waals surface area contributed by atoms with Crippen molar-refractivity contribution in [2.45, 2.75) is 58.4 Å². The summed E-state index contributed by atoms with van der Waals surface area (Å²) in [5.41, 5.74) is 2.81. The van der Waals surface area contributed by atoms with Crippen LogP contribution in [0.3, 0.4) is 0 Å². The molecule has 0 radical (unpaired) electrons. The molecular formula is C17H23N5O. The third kappa shape index (κ3) is 3.11. The maximum absolute atomic E-state index is 11.8. The molecule has 1 saturated carbocycles. The van der Waals surface area contributed by atoms with Gasteiger partial charge in [-0.2, -0.15) is 4.68 Å². The highest BCUT2D eigenvalue weighted by Gasteiger charge is 2.40. The molecule has 1 N–H and O–H groups in total. The van der Waals surface area contributed by atoms with E-state index in [0.29, 0.717) is 0 Å². The van der Waals surface area contributed by atoms with Gasteiger partial charge < -0.3 is 5.32 Å². The summed E-state index contributed by atoms with van der Waals surface area (Å²) in [7, 11) is 0. The Labute approximate surface area is 136 Å². The largest absolute Gasteiger partial charge is 0.344 e. The second-order valence-electron chi connectivity index (χ2n) is 6.58. The Kier molecular flexibility index (Phi) is 4.15. The Morgan fingerprint density at radius 2 is 1.78 bits per heavy atom. The average Bonchev–Trinajstić information content (AvgIpc) is 2.96. The van der Waals surface area contributed by atoms with E-state index in [4.69, 9.17) is 0 Å². The van der Waals surface area contributed by atoms with Crippen molar-refractivity contribution in [1.29, 1.82) is 0 Å². The highest BCUT2D eigenvalue weighted by molar-refractivity contribution is 5.74. The molecular weight excluding hydrogens is 290 g/mol. The molecule has 6 heteroatoms. The lowest BCUT2D eigenvalue weighted by Gasteiger charge is -2.36. The van der Waals surface area contributed by atoms with Crippen LogP contribution < -0.4 is 5.32 Å². The average molecular weight is 313 g/mol. The Balaban J connectivity index is 2.08. The van der Waals surface area contributed by atoms with Gasteiger partial charge in [-0.05, 0) is 60.4 Å². The first-order chi connectivity index (χ1) is 11.0. The molecule has 1 heterocycles. The van der Waals surface area contributed by atoms with Gasteiger partial charge in [-0.15, -0.1) is 5.10 Å². The van der Waals surface area contributed by atoms with Crippen molar-refractivity contribution in [1.82, 2.24) is 25.5 Å². The monoisotopic (exact) mass is 313 g/mol. The van der Waals surface area contributed by atoms with Crippen LogP contribution in [0.5, 0.6) is 0 Å².